The largest absolute Gasteiger partial charge is 0.302 e. The van der Waals surface area contributed by atoms with Crippen molar-refractivity contribution >= 4 is 15.9 Å². The van der Waals surface area contributed by atoms with Gasteiger partial charge in [-0.25, -0.2) is 0 Å². The van der Waals surface area contributed by atoms with Gasteiger partial charge in [0.25, 0.3) is 0 Å². The summed E-state index contributed by atoms with van der Waals surface area (Å²) in [5.41, 5.74) is 1.53. The summed E-state index contributed by atoms with van der Waals surface area (Å²) in [6.07, 6.45) is 0. The molecule has 0 saturated heterocycles. The highest BCUT2D eigenvalue weighted by atomic mass is 32.2. The first-order valence-electron chi connectivity index (χ1n) is 6.87. The fourth-order valence-electron chi connectivity index (χ4n) is 2.02. The average Bonchev–Trinajstić information content (AvgIpc) is 2.46. The van der Waals surface area contributed by atoms with Crippen LogP contribution in [-0.2, 0) is 16.8 Å². The van der Waals surface area contributed by atoms with Crippen molar-refractivity contribution < 1.29 is 8.42 Å². The predicted octanol–water partition coefficient (Wildman–Crippen LogP) is 3.25. The van der Waals surface area contributed by atoms with Gasteiger partial charge < -0.3 is 0 Å². The molecule has 0 aliphatic rings. The number of anilines is 1. The molecule has 112 valence electrons. The van der Waals surface area contributed by atoms with Gasteiger partial charge in [-0.05, 0) is 31.5 Å². The molecule has 0 fully saturated rings. The van der Waals surface area contributed by atoms with Crippen LogP contribution in [0.15, 0.2) is 60.7 Å². The molecule has 0 aliphatic heterocycles. The lowest BCUT2D eigenvalue weighted by molar-refractivity contribution is 0.351. The van der Waals surface area contributed by atoms with Gasteiger partial charge in [0.15, 0.2) is 0 Å². The Morgan fingerprint density at radius 2 is 1.48 bits per heavy atom. The molecule has 5 heteroatoms. The molecule has 0 bridgehead atoms. The second-order valence-electron chi connectivity index (χ2n) is 5.10. The summed E-state index contributed by atoms with van der Waals surface area (Å²) in [5.74, 6) is 0. The van der Waals surface area contributed by atoms with Crippen molar-refractivity contribution in [3.63, 3.8) is 0 Å². The van der Waals surface area contributed by atoms with E-state index in [1.807, 2.05) is 50.2 Å². The Balaban J connectivity index is 2.21. The van der Waals surface area contributed by atoms with Crippen LogP contribution in [0.5, 0.6) is 0 Å². The van der Waals surface area contributed by atoms with E-state index in [0.717, 1.165) is 5.56 Å². The van der Waals surface area contributed by atoms with Crippen molar-refractivity contribution in [3.05, 3.63) is 66.2 Å². The fourth-order valence-corrected chi connectivity index (χ4v) is 3.45. The first-order chi connectivity index (χ1) is 9.99. The van der Waals surface area contributed by atoms with Crippen LogP contribution in [0.1, 0.15) is 19.4 Å². The van der Waals surface area contributed by atoms with Gasteiger partial charge in [0, 0.05) is 18.3 Å². The summed E-state index contributed by atoms with van der Waals surface area (Å²) in [5, 5.41) is 0. The fraction of sp³-hybridized carbons (Fsp3) is 0.250. The van der Waals surface area contributed by atoms with Gasteiger partial charge in [0.1, 0.15) is 0 Å². The molecule has 0 unspecified atom stereocenters. The molecule has 2 aromatic carbocycles. The van der Waals surface area contributed by atoms with Crippen LogP contribution in [0.25, 0.3) is 0 Å². The number of nitrogens with zero attached hydrogens (tertiary/aromatic N) is 1. The lowest BCUT2D eigenvalue weighted by Crippen LogP contribution is -2.40. The smallest absolute Gasteiger partial charge is 0.271 e. The maximum atomic E-state index is 12.6. The normalized spacial score (nSPS) is 11.8. The molecule has 4 nitrogen and oxygen atoms in total. The van der Waals surface area contributed by atoms with Gasteiger partial charge in [0.05, 0.1) is 0 Å². The summed E-state index contributed by atoms with van der Waals surface area (Å²) in [6.45, 7) is 4.08. The summed E-state index contributed by atoms with van der Waals surface area (Å²) < 4.78 is 29.2. The SMILES string of the molecule is CC(C)N(Cc1ccccc1)S(=O)(=O)Nc1ccccc1. The quantitative estimate of drug-likeness (QED) is 0.890. The van der Waals surface area contributed by atoms with E-state index < -0.39 is 10.2 Å². The van der Waals surface area contributed by atoms with E-state index in [9.17, 15) is 8.42 Å². The van der Waals surface area contributed by atoms with E-state index in [0.29, 0.717) is 12.2 Å². The number of para-hydroxylation sites is 1. The molecular formula is C16H20N2O2S. The molecule has 0 radical (unpaired) electrons. The zero-order valence-electron chi connectivity index (χ0n) is 12.2. The van der Waals surface area contributed by atoms with Crippen LogP contribution in [0.3, 0.4) is 0 Å². The Bertz CT molecular complexity index is 655. The van der Waals surface area contributed by atoms with E-state index in [2.05, 4.69) is 4.72 Å². The van der Waals surface area contributed by atoms with Crippen molar-refractivity contribution in [2.45, 2.75) is 26.4 Å². The molecule has 0 amide bonds. The van der Waals surface area contributed by atoms with E-state index in [1.54, 1.807) is 24.3 Å². The third-order valence-corrected chi connectivity index (χ3v) is 4.75. The minimum Gasteiger partial charge on any atom is -0.271 e. The lowest BCUT2D eigenvalue weighted by Gasteiger charge is -2.26. The van der Waals surface area contributed by atoms with Gasteiger partial charge in [-0.2, -0.15) is 12.7 Å². The van der Waals surface area contributed by atoms with Crippen LogP contribution >= 0.6 is 0 Å². The number of benzene rings is 2. The van der Waals surface area contributed by atoms with Gasteiger partial charge >= 0.3 is 10.2 Å². The molecule has 0 aromatic heterocycles. The van der Waals surface area contributed by atoms with Gasteiger partial charge in [-0.3, -0.25) is 4.72 Å². The molecule has 21 heavy (non-hydrogen) atoms. The first kappa shape index (κ1) is 15.5. The van der Waals surface area contributed by atoms with E-state index >= 15 is 0 Å². The molecule has 0 atom stereocenters. The minimum atomic E-state index is -3.59. The van der Waals surface area contributed by atoms with Crippen LogP contribution in [0.4, 0.5) is 5.69 Å². The molecule has 0 saturated carbocycles. The van der Waals surface area contributed by atoms with Crippen molar-refractivity contribution in [1.82, 2.24) is 4.31 Å². The van der Waals surface area contributed by atoms with E-state index in [4.69, 9.17) is 0 Å². The van der Waals surface area contributed by atoms with Gasteiger partial charge in [0.2, 0.25) is 0 Å². The molecule has 0 aliphatic carbocycles. The highest BCUT2D eigenvalue weighted by Gasteiger charge is 2.24. The third kappa shape index (κ3) is 4.31. The maximum absolute atomic E-state index is 12.6. The van der Waals surface area contributed by atoms with Gasteiger partial charge in [-0.15, -0.1) is 0 Å². The second-order valence-corrected chi connectivity index (χ2v) is 6.72. The monoisotopic (exact) mass is 304 g/mol. The van der Waals surface area contributed by atoms with Crippen LogP contribution in [0.2, 0.25) is 0 Å². The van der Waals surface area contributed by atoms with E-state index in [1.165, 1.54) is 4.31 Å². The molecule has 0 spiro atoms. The van der Waals surface area contributed by atoms with Crippen molar-refractivity contribution in [3.8, 4) is 0 Å². The zero-order valence-corrected chi connectivity index (χ0v) is 13.0. The summed E-state index contributed by atoms with van der Waals surface area (Å²) in [7, 11) is -3.59. The number of rotatable bonds is 6. The number of hydrogen-bond donors (Lipinski definition) is 1. The van der Waals surface area contributed by atoms with Crippen LogP contribution in [-0.4, -0.2) is 18.8 Å². The molecule has 0 heterocycles. The summed E-state index contributed by atoms with van der Waals surface area (Å²) >= 11 is 0. The van der Waals surface area contributed by atoms with Crippen LogP contribution < -0.4 is 4.72 Å². The highest BCUT2D eigenvalue weighted by Crippen LogP contribution is 2.16. The minimum absolute atomic E-state index is 0.133. The van der Waals surface area contributed by atoms with Crippen molar-refractivity contribution in [1.29, 1.82) is 0 Å². The molecule has 1 N–H and O–H groups in total. The Labute approximate surface area is 126 Å². The molecule has 2 rings (SSSR count). The number of nitrogens with one attached hydrogen (secondary N) is 1. The molecular weight excluding hydrogens is 284 g/mol. The highest BCUT2D eigenvalue weighted by molar-refractivity contribution is 7.90. The van der Waals surface area contributed by atoms with E-state index in [-0.39, 0.29) is 6.04 Å². The molecule has 2 aromatic rings. The first-order valence-corrected chi connectivity index (χ1v) is 8.31. The third-order valence-electron chi connectivity index (χ3n) is 3.09. The Hall–Kier alpha value is -1.85. The van der Waals surface area contributed by atoms with Gasteiger partial charge in [-0.1, -0.05) is 48.5 Å². The Morgan fingerprint density at radius 1 is 0.952 bits per heavy atom. The second kappa shape index (κ2) is 6.74. The summed E-state index contributed by atoms with van der Waals surface area (Å²) in [6, 6.07) is 18.4. The van der Waals surface area contributed by atoms with Crippen LogP contribution in [0, 0.1) is 0 Å². The lowest BCUT2D eigenvalue weighted by atomic mass is 10.2. The number of hydrogen-bond acceptors (Lipinski definition) is 2. The Morgan fingerprint density at radius 3 is 2.00 bits per heavy atom. The predicted molar refractivity (Wildman–Crippen MR) is 86.1 cm³/mol. The standard InChI is InChI=1S/C16H20N2O2S/c1-14(2)18(13-15-9-5-3-6-10-15)21(19,20)17-16-11-7-4-8-12-16/h3-12,14,17H,13H2,1-2H3. The average molecular weight is 304 g/mol. The summed E-state index contributed by atoms with van der Waals surface area (Å²) in [4.78, 5) is 0. The van der Waals surface area contributed by atoms with Crippen molar-refractivity contribution in [2.75, 3.05) is 4.72 Å². The Kier molecular flexibility index (Phi) is 4.98. The zero-order chi connectivity index (χ0) is 15.3. The van der Waals surface area contributed by atoms with Crippen molar-refractivity contribution in [2.24, 2.45) is 0 Å². The topological polar surface area (TPSA) is 49.4 Å². The maximum Gasteiger partial charge on any atom is 0.302 e.